The molecule has 4 rings (SSSR count). The molecule has 27 heavy (non-hydrogen) atoms. The molecule has 1 heterocycles. The van der Waals surface area contributed by atoms with E-state index in [4.69, 9.17) is 0 Å². The van der Waals surface area contributed by atoms with Crippen LogP contribution in [-0.4, -0.2) is 30.0 Å². The Kier molecular flexibility index (Phi) is 6.23. The molecule has 0 N–H and O–H groups in total. The molecule has 2 aliphatic rings. The Morgan fingerprint density at radius 3 is 1.96 bits per heavy atom. The van der Waals surface area contributed by atoms with Gasteiger partial charge in [-0.1, -0.05) is 58.6 Å². The van der Waals surface area contributed by atoms with Crippen LogP contribution in [0.3, 0.4) is 0 Å². The van der Waals surface area contributed by atoms with E-state index in [0.29, 0.717) is 0 Å². The first-order valence-corrected chi connectivity index (χ1v) is 12.5. The Hall–Kier alpha value is -1.27. The highest BCUT2D eigenvalue weighted by Crippen LogP contribution is 2.55. The highest BCUT2D eigenvalue weighted by Gasteiger charge is 2.34. The minimum Gasteiger partial charge on any atom is -0.376 e. The van der Waals surface area contributed by atoms with Crippen LogP contribution < -0.4 is 10.3 Å². The zero-order valence-corrected chi connectivity index (χ0v) is 18.0. The van der Waals surface area contributed by atoms with E-state index in [1.54, 1.807) is 5.44 Å². The zero-order valence-electron chi connectivity index (χ0n) is 17.1. The summed E-state index contributed by atoms with van der Waals surface area (Å²) in [5.41, 5.74) is 6.19. The van der Waals surface area contributed by atoms with Gasteiger partial charge in [0.05, 0.1) is 11.4 Å². The Morgan fingerprint density at radius 1 is 0.778 bits per heavy atom. The second-order valence-electron chi connectivity index (χ2n) is 8.61. The van der Waals surface area contributed by atoms with Gasteiger partial charge >= 0.3 is 0 Å². The minimum atomic E-state index is -0.0867. The molecule has 3 heteroatoms. The molecule has 146 valence electrons. The fraction of sp³-hybridized carbons (Fsp3) is 0.583. The van der Waals surface area contributed by atoms with Gasteiger partial charge in [-0.2, -0.15) is 0 Å². The van der Waals surface area contributed by atoms with Crippen molar-refractivity contribution in [2.24, 2.45) is 0 Å². The van der Waals surface area contributed by atoms with Crippen molar-refractivity contribution in [3.05, 3.63) is 42.6 Å². The number of hydrogen-bond acceptors (Lipinski definition) is 1. The summed E-state index contributed by atoms with van der Waals surface area (Å²) in [5, 5.41) is 0. The van der Waals surface area contributed by atoms with Crippen molar-refractivity contribution in [3.8, 4) is 5.69 Å². The van der Waals surface area contributed by atoms with Crippen molar-refractivity contribution in [2.75, 3.05) is 19.0 Å². The number of para-hydroxylation sites is 2. The maximum Gasteiger partial charge on any atom is 0.0689 e. The van der Waals surface area contributed by atoms with Gasteiger partial charge in [-0.3, -0.25) is 0 Å². The summed E-state index contributed by atoms with van der Waals surface area (Å²) < 4.78 is 2.55. The van der Waals surface area contributed by atoms with E-state index >= 15 is 0 Å². The lowest BCUT2D eigenvalue weighted by Gasteiger charge is -2.39. The van der Waals surface area contributed by atoms with Gasteiger partial charge in [-0.15, -0.1) is 0 Å². The fourth-order valence-electron chi connectivity index (χ4n) is 5.22. The number of hydrogen-bond donors (Lipinski definition) is 0. The maximum absolute atomic E-state index is 2.55. The zero-order chi connectivity index (χ0) is 18.6. The standard InChI is InChI=1S/C24H35N2P/c1-25(2)22-16-9-10-17-23(22)26-19-11-18-24(26)27(20-12-5-3-6-13-20)21-14-7-4-8-15-21/h9-11,16-21H,3-8,12-15H2,1-2H3. The van der Waals surface area contributed by atoms with Gasteiger partial charge in [-0.25, -0.2) is 0 Å². The highest BCUT2D eigenvalue weighted by atomic mass is 31.1. The van der Waals surface area contributed by atoms with Crippen molar-refractivity contribution in [3.63, 3.8) is 0 Å². The molecule has 0 unspecified atom stereocenters. The molecule has 0 aliphatic heterocycles. The van der Waals surface area contributed by atoms with E-state index in [2.05, 4.69) is 66.2 Å². The quantitative estimate of drug-likeness (QED) is 0.550. The van der Waals surface area contributed by atoms with Crippen molar-refractivity contribution in [1.29, 1.82) is 0 Å². The van der Waals surface area contributed by atoms with Gasteiger partial charge < -0.3 is 9.47 Å². The SMILES string of the molecule is CN(C)c1ccccc1-n1cccc1P(C1CCCCC1)C1CCCCC1. The lowest BCUT2D eigenvalue weighted by molar-refractivity contribution is 0.486. The van der Waals surface area contributed by atoms with Crippen LogP contribution in [0.25, 0.3) is 5.69 Å². The molecule has 0 spiro atoms. The topological polar surface area (TPSA) is 8.17 Å². The fourth-order valence-corrected chi connectivity index (χ4v) is 9.09. The lowest BCUT2D eigenvalue weighted by atomic mass is 9.99. The van der Waals surface area contributed by atoms with Crippen LogP contribution in [0.4, 0.5) is 5.69 Å². The molecule has 2 nitrogen and oxygen atoms in total. The van der Waals surface area contributed by atoms with Crippen molar-refractivity contribution >= 4 is 19.0 Å². The Morgan fingerprint density at radius 2 is 1.37 bits per heavy atom. The first-order chi connectivity index (χ1) is 13.3. The molecule has 1 aromatic heterocycles. The molecule has 2 fully saturated rings. The van der Waals surface area contributed by atoms with Crippen LogP contribution in [-0.2, 0) is 0 Å². The van der Waals surface area contributed by atoms with Crippen molar-refractivity contribution in [1.82, 2.24) is 4.57 Å². The summed E-state index contributed by atoms with van der Waals surface area (Å²) in [7, 11) is 4.23. The first kappa shape index (κ1) is 19.1. The Balaban J connectivity index is 1.74. The van der Waals surface area contributed by atoms with E-state index in [9.17, 15) is 0 Å². The molecule has 0 amide bonds. The lowest BCUT2D eigenvalue weighted by Crippen LogP contribution is -2.29. The Labute approximate surface area is 166 Å². The third-order valence-electron chi connectivity index (χ3n) is 6.55. The van der Waals surface area contributed by atoms with Crippen LogP contribution >= 0.6 is 7.92 Å². The van der Waals surface area contributed by atoms with Crippen LogP contribution in [0.5, 0.6) is 0 Å². The Bertz CT molecular complexity index is 705. The summed E-state index contributed by atoms with van der Waals surface area (Å²) in [6.07, 6.45) is 16.9. The average Bonchev–Trinajstić information content (AvgIpc) is 3.19. The number of anilines is 1. The third-order valence-corrected chi connectivity index (χ3v) is 10.1. The molecule has 0 atom stereocenters. The summed E-state index contributed by atoms with van der Waals surface area (Å²) in [6, 6.07) is 13.7. The molecule has 0 radical (unpaired) electrons. The smallest absolute Gasteiger partial charge is 0.0689 e. The van der Waals surface area contributed by atoms with Crippen LogP contribution in [0, 0.1) is 0 Å². The first-order valence-electron chi connectivity index (χ1n) is 11.0. The molecule has 0 saturated heterocycles. The second kappa shape index (κ2) is 8.82. The number of rotatable bonds is 5. The predicted octanol–water partition coefficient (Wildman–Crippen LogP) is 6.32. The maximum atomic E-state index is 2.55. The third kappa shape index (κ3) is 4.11. The predicted molar refractivity (Wildman–Crippen MR) is 120 cm³/mol. The minimum absolute atomic E-state index is 0.0867. The van der Waals surface area contributed by atoms with E-state index in [0.717, 1.165) is 11.3 Å². The molecular formula is C24H35N2P. The number of aromatic nitrogens is 1. The average molecular weight is 383 g/mol. The van der Waals surface area contributed by atoms with Crippen molar-refractivity contribution < 1.29 is 0 Å². The molecule has 2 saturated carbocycles. The largest absolute Gasteiger partial charge is 0.376 e. The van der Waals surface area contributed by atoms with E-state index < -0.39 is 0 Å². The van der Waals surface area contributed by atoms with Gasteiger partial charge in [0.2, 0.25) is 0 Å². The van der Waals surface area contributed by atoms with E-state index in [-0.39, 0.29) is 7.92 Å². The van der Waals surface area contributed by atoms with Gasteiger partial charge in [0.15, 0.2) is 0 Å². The molecule has 1 aromatic carbocycles. The van der Waals surface area contributed by atoms with E-state index in [1.165, 1.54) is 75.6 Å². The summed E-state index contributed by atoms with van der Waals surface area (Å²) in [6.45, 7) is 0. The summed E-state index contributed by atoms with van der Waals surface area (Å²) >= 11 is 0. The summed E-state index contributed by atoms with van der Waals surface area (Å²) in [5.74, 6) is 0. The van der Waals surface area contributed by atoms with Gasteiger partial charge in [-0.05, 0) is 61.3 Å². The highest BCUT2D eigenvalue weighted by molar-refractivity contribution is 7.66. The molecule has 0 bridgehead atoms. The summed E-state index contributed by atoms with van der Waals surface area (Å²) in [4.78, 5) is 2.25. The molecular weight excluding hydrogens is 347 g/mol. The van der Waals surface area contributed by atoms with Gasteiger partial charge in [0.25, 0.3) is 0 Å². The van der Waals surface area contributed by atoms with Crippen LogP contribution in [0.2, 0.25) is 0 Å². The number of nitrogens with zero attached hydrogens (tertiary/aromatic N) is 2. The second-order valence-corrected chi connectivity index (χ2v) is 11.3. The van der Waals surface area contributed by atoms with Crippen molar-refractivity contribution in [2.45, 2.75) is 75.5 Å². The van der Waals surface area contributed by atoms with E-state index in [1.807, 2.05) is 0 Å². The molecule has 2 aromatic rings. The monoisotopic (exact) mass is 382 g/mol. The van der Waals surface area contributed by atoms with Crippen LogP contribution in [0.15, 0.2) is 42.6 Å². The molecule has 2 aliphatic carbocycles. The normalized spacial score (nSPS) is 19.5. The van der Waals surface area contributed by atoms with Gasteiger partial charge in [0, 0.05) is 25.7 Å². The van der Waals surface area contributed by atoms with Crippen LogP contribution in [0.1, 0.15) is 64.2 Å². The van der Waals surface area contributed by atoms with Gasteiger partial charge in [0.1, 0.15) is 0 Å². The number of benzene rings is 1.